The van der Waals surface area contributed by atoms with Gasteiger partial charge in [-0.1, -0.05) is 119 Å². The monoisotopic (exact) mass is 1160 g/mol. The van der Waals surface area contributed by atoms with Crippen molar-refractivity contribution in [1.29, 1.82) is 0 Å². The van der Waals surface area contributed by atoms with E-state index >= 15 is 9.59 Å². The Hall–Kier alpha value is -1.58. The summed E-state index contributed by atoms with van der Waals surface area (Å²) in [6, 6.07) is -1.90. The summed E-state index contributed by atoms with van der Waals surface area (Å²) in [5.74, 6) is 4.37. The van der Waals surface area contributed by atoms with E-state index in [1.165, 1.54) is 82.5 Å². The molecule has 10 fully saturated rings. The Kier molecular flexibility index (Phi) is 16.6. The molecule has 10 aliphatic carbocycles. The zero-order valence-electron chi connectivity index (χ0n) is 52.7. The SMILES string of the molecule is C=C(C)C1CCC2(C(=O)NCC(NC)C(=O)NC(CNC(=O)C34CCC(C(=C)C)C3C3CCC5C6(C)CCC(C)C(C)(C)C6CCC5(C)C3(C)CC4)C(=O)OC)CCC3(C)C(CCC4C5(C)CC[CH-]C(C)(C)C5CCC43C)C12.[Y]. The van der Waals surface area contributed by atoms with Crippen LogP contribution in [0.5, 0.6) is 0 Å². The van der Waals surface area contributed by atoms with Gasteiger partial charge in [0.25, 0.3) is 0 Å². The van der Waals surface area contributed by atoms with Crippen molar-refractivity contribution < 1.29 is 56.6 Å². The maximum atomic E-state index is 15.2. The average molecular weight is 1170 g/mol. The van der Waals surface area contributed by atoms with Gasteiger partial charge in [-0.25, -0.2) is 4.79 Å². The molecule has 0 aromatic rings. The van der Waals surface area contributed by atoms with E-state index < -0.39 is 34.8 Å². The summed E-state index contributed by atoms with van der Waals surface area (Å²) >= 11 is 0. The van der Waals surface area contributed by atoms with Crippen LogP contribution in [0.1, 0.15) is 218 Å². The molecule has 3 amide bonds. The van der Waals surface area contributed by atoms with E-state index in [9.17, 15) is 9.59 Å². The molecule has 10 aliphatic rings. The predicted molar refractivity (Wildman–Crippen MR) is 314 cm³/mol. The number of rotatable bonds is 12. The van der Waals surface area contributed by atoms with Gasteiger partial charge in [0.2, 0.25) is 17.7 Å². The second-order valence-corrected chi connectivity index (χ2v) is 32.4. The summed E-state index contributed by atoms with van der Waals surface area (Å²) in [7, 11) is 3.07. The quantitative estimate of drug-likeness (QED) is 0.0876. The summed E-state index contributed by atoms with van der Waals surface area (Å²) in [5.41, 5.74) is 3.16. The van der Waals surface area contributed by atoms with Crippen molar-refractivity contribution in [3.63, 3.8) is 0 Å². The predicted octanol–water partition coefficient (Wildman–Crippen LogP) is 13.6. The fourth-order valence-corrected chi connectivity index (χ4v) is 24.8. The van der Waals surface area contributed by atoms with Crippen LogP contribution in [0.15, 0.2) is 24.3 Å². The molecule has 441 valence electrons. The molecule has 21 atom stereocenters. The molecule has 9 nitrogen and oxygen atoms in total. The Balaban J connectivity index is 0.00000757. The molecule has 1 radical (unpaired) electrons. The summed E-state index contributed by atoms with van der Waals surface area (Å²) in [5, 5.41) is 12.8. The van der Waals surface area contributed by atoms with E-state index in [1.807, 2.05) is 0 Å². The third-order valence-corrected chi connectivity index (χ3v) is 29.5. The minimum absolute atomic E-state index is 0. The van der Waals surface area contributed by atoms with Crippen LogP contribution in [-0.2, 0) is 56.6 Å². The van der Waals surface area contributed by atoms with Gasteiger partial charge in [-0.2, -0.15) is 11.8 Å². The number of carbonyl (C=O) groups excluding carboxylic acids is 4. The maximum absolute atomic E-state index is 15.2. The van der Waals surface area contributed by atoms with Crippen molar-refractivity contribution in [3.05, 3.63) is 30.7 Å². The molecule has 10 rings (SSSR count). The molecule has 0 spiro atoms. The molecule has 0 aromatic carbocycles. The largest absolute Gasteiger partial charge is 0.467 e. The van der Waals surface area contributed by atoms with Gasteiger partial charge in [-0.3, -0.25) is 14.4 Å². The van der Waals surface area contributed by atoms with Gasteiger partial charge in [0.15, 0.2) is 0 Å². The smallest absolute Gasteiger partial charge is 0.330 e. The zero-order chi connectivity index (χ0) is 56.8. The first-order valence-corrected chi connectivity index (χ1v) is 32.2. The number of nitrogens with one attached hydrogen (secondary N) is 4. The molecule has 10 heteroatoms. The minimum atomic E-state index is -1.09. The molecule has 21 unspecified atom stereocenters. The van der Waals surface area contributed by atoms with Crippen molar-refractivity contribution in [3.8, 4) is 0 Å². The number of methoxy groups -OCH3 is 1. The number of hydrogen-bond donors (Lipinski definition) is 4. The Bertz CT molecular complexity index is 2420. The maximum Gasteiger partial charge on any atom is 0.330 e. The van der Waals surface area contributed by atoms with Crippen LogP contribution in [0.25, 0.3) is 0 Å². The third-order valence-electron chi connectivity index (χ3n) is 29.5. The molecule has 10 saturated carbocycles. The van der Waals surface area contributed by atoms with Gasteiger partial charge in [-0.05, 0) is 227 Å². The molecule has 0 aromatic heterocycles. The number of carbonyl (C=O) groups is 4. The first kappa shape index (κ1) is 62.0. The zero-order valence-corrected chi connectivity index (χ0v) is 55.5. The summed E-state index contributed by atoms with van der Waals surface area (Å²) in [6.45, 7) is 42.1. The first-order valence-electron chi connectivity index (χ1n) is 32.2. The van der Waals surface area contributed by atoms with Gasteiger partial charge in [-0.15, -0.1) is 0 Å². The molecular weight excluding hydrogens is 1050 g/mol. The summed E-state index contributed by atoms with van der Waals surface area (Å²) in [4.78, 5) is 58.5. The summed E-state index contributed by atoms with van der Waals surface area (Å²) in [6.07, 6.45) is 24.9. The van der Waals surface area contributed by atoms with Gasteiger partial charge < -0.3 is 32.4 Å². The second-order valence-electron chi connectivity index (χ2n) is 32.4. The van der Waals surface area contributed by atoms with E-state index in [0.717, 1.165) is 76.0 Å². The van der Waals surface area contributed by atoms with Crippen molar-refractivity contribution in [2.24, 2.45) is 119 Å². The standard InChI is InChI=1S/C69H111N4O5.Y/c1-41(2)44-24-33-68(37-35-64(12)46(54(44)68)19-21-52-62(10)29-18-28-60(6,7)50(62)26-31-66(52,64)14)58(76)71-39-48(70-16)56(74)73-49(57(75)78-17)40-72-59(77)69-34-25-45(42(3)4)55(69)47-20-22-53-63(11)30-23-43(5)61(8,9)51(63)27-32-67(53,15)65(47,13)36-38-69;/h28,43-55,70H,1,3,18-27,29-40H2,2,4-17H3,(H,71,76)(H,72,77)(H,73,74);/q-1;. The molecular formula is C69H111N4O5Y-. The van der Waals surface area contributed by atoms with Crippen molar-refractivity contribution in [2.45, 2.75) is 231 Å². The Morgan fingerprint density at radius 2 is 1.03 bits per heavy atom. The van der Waals surface area contributed by atoms with Gasteiger partial charge in [0.05, 0.1) is 17.9 Å². The van der Waals surface area contributed by atoms with Crippen LogP contribution in [0.4, 0.5) is 0 Å². The van der Waals surface area contributed by atoms with E-state index in [-0.39, 0.29) is 102 Å². The fourth-order valence-electron chi connectivity index (χ4n) is 24.8. The van der Waals surface area contributed by atoms with Crippen LogP contribution >= 0.6 is 0 Å². The number of hydrogen-bond acceptors (Lipinski definition) is 6. The number of esters is 1. The molecule has 0 aliphatic heterocycles. The van der Waals surface area contributed by atoms with Gasteiger partial charge in [0.1, 0.15) is 12.1 Å². The third kappa shape index (κ3) is 8.87. The first-order chi connectivity index (χ1) is 36.4. The molecule has 79 heavy (non-hydrogen) atoms. The van der Waals surface area contributed by atoms with Gasteiger partial charge in [0, 0.05) is 45.8 Å². The number of ether oxygens (including phenoxy) is 1. The molecule has 0 saturated heterocycles. The van der Waals surface area contributed by atoms with Crippen molar-refractivity contribution in [1.82, 2.24) is 21.3 Å². The number of fused-ring (bicyclic) bond motifs is 14. The van der Waals surface area contributed by atoms with Crippen LogP contribution < -0.4 is 21.3 Å². The molecule has 4 N–H and O–H groups in total. The Morgan fingerprint density at radius 3 is 1.49 bits per heavy atom. The normalized spacial score (nSPS) is 47.6. The number of allylic oxidation sites excluding steroid dienone is 2. The Morgan fingerprint density at radius 1 is 0.557 bits per heavy atom. The Labute approximate surface area is 505 Å². The molecule has 0 bridgehead atoms. The van der Waals surface area contributed by atoms with E-state index in [4.69, 9.17) is 4.74 Å². The van der Waals surface area contributed by atoms with Crippen LogP contribution in [0, 0.1) is 126 Å². The molecule has 0 heterocycles. The second kappa shape index (κ2) is 21.1. The fraction of sp³-hybridized carbons (Fsp3) is 0.870. The van der Waals surface area contributed by atoms with Crippen molar-refractivity contribution >= 4 is 23.7 Å². The van der Waals surface area contributed by atoms with Crippen molar-refractivity contribution in [2.75, 3.05) is 27.2 Å². The topological polar surface area (TPSA) is 126 Å². The van der Waals surface area contributed by atoms with Crippen LogP contribution in [0.3, 0.4) is 0 Å². The van der Waals surface area contributed by atoms with Crippen LogP contribution in [-0.4, -0.2) is 63.0 Å². The number of amides is 3. The van der Waals surface area contributed by atoms with Crippen LogP contribution in [0.2, 0.25) is 0 Å². The van der Waals surface area contributed by atoms with E-state index in [2.05, 4.69) is 131 Å². The minimum Gasteiger partial charge on any atom is -0.467 e. The average Bonchev–Trinajstić information content (AvgIpc) is 4.16. The number of likely N-dealkylation sites (N-methyl/N-ethyl adjacent to an activating group) is 1. The summed E-state index contributed by atoms with van der Waals surface area (Å²) < 4.78 is 5.32. The van der Waals surface area contributed by atoms with E-state index in [0.29, 0.717) is 51.8 Å². The van der Waals surface area contributed by atoms with Gasteiger partial charge >= 0.3 is 5.97 Å². The van der Waals surface area contributed by atoms with E-state index in [1.54, 1.807) is 7.05 Å².